The fourth-order valence-electron chi connectivity index (χ4n) is 2.08. The molecule has 3 nitrogen and oxygen atoms in total. The van der Waals surface area contributed by atoms with Crippen molar-refractivity contribution in [3.8, 4) is 5.75 Å². The topological polar surface area (TPSA) is 38.5 Å². The van der Waals surface area contributed by atoms with E-state index in [-0.39, 0.29) is 11.9 Å². The van der Waals surface area contributed by atoms with Gasteiger partial charge in [0.15, 0.2) is 0 Å². The van der Waals surface area contributed by atoms with Gasteiger partial charge in [0, 0.05) is 24.2 Å². The molecule has 0 saturated heterocycles. The van der Waals surface area contributed by atoms with Crippen LogP contribution in [-0.4, -0.2) is 31.1 Å². The average Bonchev–Trinajstić information content (AvgIpc) is 3.12. The van der Waals surface area contributed by atoms with Gasteiger partial charge < -0.3 is 15.4 Å². The molecular weight excluding hydrogens is 231 g/mol. The molecule has 1 saturated carbocycles. The second kappa shape index (κ2) is 5.67. The first kappa shape index (κ1) is 13.3. The van der Waals surface area contributed by atoms with Crippen LogP contribution >= 0.6 is 0 Å². The average molecular weight is 252 g/mol. The Morgan fingerprint density at radius 1 is 1.50 bits per heavy atom. The summed E-state index contributed by atoms with van der Waals surface area (Å²) in [4.78, 5) is 2.28. The molecule has 0 bridgehead atoms. The highest BCUT2D eigenvalue weighted by Gasteiger charge is 2.25. The van der Waals surface area contributed by atoms with Gasteiger partial charge in [-0.3, -0.25) is 0 Å². The van der Waals surface area contributed by atoms with Crippen molar-refractivity contribution >= 4 is 0 Å². The van der Waals surface area contributed by atoms with Gasteiger partial charge in [0.25, 0.3) is 0 Å². The number of benzene rings is 1. The van der Waals surface area contributed by atoms with E-state index in [1.54, 1.807) is 19.1 Å². The monoisotopic (exact) mass is 252 g/mol. The van der Waals surface area contributed by atoms with E-state index in [1.807, 2.05) is 0 Å². The van der Waals surface area contributed by atoms with Crippen LogP contribution in [0.2, 0.25) is 0 Å². The maximum atomic E-state index is 13.7. The van der Waals surface area contributed by atoms with E-state index in [4.69, 9.17) is 10.5 Å². The Balaban J connectivity index is 1.93. The third kappa shape index (κ3) is 3.21. The van der Waals surface area contributed by atoms with Crippen molar-refractivity contribution in [3.63, 3.8) is 0 Å². The van der Waals surface area contributed by atoms with Crippen molar-refractivity contribution < 1.29 is 9.13 Å². The molecule has 100 valence electrons. The van der Waals surface area contributed by atoms with Gasteiger partial charge >= 0.3 is 0 Å². The summed E-state index contributed by atoms with van der Waals surface area (Å²) < 4.78 is 19.3. The lowest BCUT2D eigenvalue weighted by Crippen LogP contribution is -2.26. The normalized spacial score (nSPS) is 16.9. The van der Waals surface area contributed by atoms with Crippen LogP contribution < -0.4 is 10.5 Å². The molecule has 4 heteroatoms. The second-order valence-corrected chi connectivity index (χ2v) is 5.00. The van der Waals surface area contributed by atoms with Crippen LogP contribution in [0.1, 0.15) is 31.4 Å². The summed E-state index contributed by atoms with van der Waals surface area (Å²) in [6.45, 7) is 3.19. The first-order chi connectivity index (χ1) is 8.59. The largest absolute Gasteiger partial charge is 0.492 e. The fraction of sp³-hybridized carbons (Fsp3) is 0.571. The lowest BCUT2D eigenvalue weighted by molar-refractivity contribution is 0.229. The zero-order valence-electron chi connectivity index (χ0n) is 11.0. The molecular formula is C14H21FN2O. The number of rotatable bonds is 6. The van der Waals surface area contributed by atoms with Crippen LogP contribution in [0.25, 0.3) is 0 Å². The number of nitrogens with zero attached hydrogens (tertiary/aromatic N) is 1. The summed E-state index contributed by atoms with van der Waals surface area (Å²) in [6, 6.07) is 5.21. The summed E-state index contributed by atoms with van der Waals surface area (Å²) in [7, 11) is 2.10. The van der Waals surface area contributed by atoms with Gasteiger partial charge in [-0.25, -0.2) is 4.39 Å². The third-order valence-electron chi connectivity index (χ3n) is 3.34. The predicted molar refractivity (Wildman–Crippen MR) is 70.1 cm³/mol. The molecule has 1 atom stereocenters. The molecule has 1 aromatic rings. The number of likely N-dealkylation sites (N-methyl/N-ethyl adjacent to an activating group) is 1. The predicted octanol–water partition coefficient (Wildman–Crippen LogP) is 2.32. The highest BCUT2D eigenvalue weighted by Crippen LogP contribution is 2.27. The van der Waals surface area contributed by atoms with Crippen LogP contribution in [-0.2, 0) is 0 Å². The smallest absolute Gasteiger partial charge is 0.131 e. The number of halogens is 1. The molecule has 1 aromatic carbocycles. The van der Waals surface area contributed by atoms with Gasteiger partial charge in [-0.05, 0) is 38.9 Å². The van der Waals surface area contributed by atoms with Crippen molar-refractivity contribution in [2.24, 2.45) is 5.73 Å². The summed E-state index contributed by atoms with van der Waals surface area (Å²) in [5.74, 6) is 0.271. The molecule has 0 aliphatic heterocycles. The van der Waals surface area contributed by atoms with E-state index in [0.717, 1.165) is 6.54 Å². The fourth-order valence-corrected chi connectivity index (χ4v) is 2.08. The summed E-state index contributed by atoms with van der Waals surface area (Å²) in [5.41, 5.74) is 6.24. The summed E-state index contributed by atoms with van der Waals surface area (Å²) in [6.07, 6.45) is 2.56. The van der Waals surface area contributed by atoms with Gasteiger partial charge in [0.05, 0.1) is 0 Å². The van der Waals surface area contributed by atoms with Crippen LogP contribution in [0.5, 0.6) is 5.75 Å². The molecule has 1 aliphatic carbocycles. The van der Waals surface area contributed by atoms with Gasteiger partial charge in [-0.1, -0.05) is 6.07 Å². The molecule has 0 heterocycles. The zero-order chi connectivity index (χ0) is 13.1. The molecule has 0 unspecified atom stereocenters. The lowest BCUT2D eigenvalue weighted by Gasteiger charge is -2.18. The standard InChI is InChI=1S/C14H21FN2O/c1-10(16)14-12(15)4-3-5-13(14)18-9-8-17(2)11-6-7-11/h3-5,10-11H,6-9,16H2,1-2H3/t10-/m1/s1. The lowest BCUT2D eigenvalue weighted by atomic mass is 10.1. The summed E-state index contributed by atoms with van der Waals surface area (Å²) in [5, 5.41) is 0. The molecule has 0 radical (unpaired) electrons. The van der Waals surface area contributed by atoms with Crippen molar-refractivity contribution in [1.29, 1.82) is 0 Å². The van der Waals surface area contributed by atoms with Gasteiger partial charge in [-0.2, -0.15) is 0 Å². The quantitative estimate of drug-likeness (QED) is 0.844. The van der Waals surface area contributed by atoms with E-state index in [1.165, 1.54) is 18.9 Å². The van der Waals surface area contributed by atoms with Crippen LogP contribution in [0.4, 0.5) is 4.39 Å². The van der Waals surface area contributed by atoms with E-state index in [9.17, 15) is 4.39 Å². The minimum Gasteiger partial charge on any atom is -0.492 e. The Morgan fingerprint density at radius 3 is 2.83 bits per heavy atom. The Hall–Kier alpha value is -1.13. The highest BCUT2D eigenvalue weighted by atomic mass is 19.1. The van der Waals surface area contributed by atoms with Crippen molar-refractivity contribution in [2.75, 3.05) is 20.2 Å². The molecule has 1 aliphatic rings. The highest BCUT2D eigenvalue weighted by molar-refractivity contribution is 5.36. The second-order valence-electron chi connectivity index (χ2n) is 5.00. The maximum absolute atomic E-state index is 13.7. The van der Waals surface area contributed by atoms with E-state index in [2.05, 4.69) is 11.9 Å². The van der Waals surface area contributed by atoms with E-state index < -0.39 is 0 Å². The first-order valence-electron chi connectivity index (χ1n) is 6.46. The van der Waals surface area contributed by atoms with Gasteiger partial charge in [0.2, 0.25) is 0 Å². The van der Waals surface area contributed by atoms with Gasteiger partial charge in [-0.15, -0.1) is 0 Å². The van der Waals surface area contributed by atoms with E-state index >= 15 is 0 Å². The van der Waals surface area contributed by atoms with Crippen LogP contribution in [0.15, 0.2) is 18.2 Å². The number of ether oxygens (including phenoxy) is 1. The Labute approximate surface area is 108 Å². The van der Waals surface area contributed by atoms with Crippen LogP contribution in [0, 0.1) is 5.82 Å². The number of nitrogens with two attached hydrogens (primary N) is 1. The van der Waals surface area contributed by atoms with Crippen molar-refractivity contribution in [1.82, 2.24) is 4.90 Å². The number of hydrogen-bond donors (Lipinski definition) is 1. The first-order valence-corrected chi connectivity index (χ1v) is 6.46. The molecule has 0 spiro atoms. The van der Waals surface area contributed by atoms with Crippen LogP contribution in [0.3, 0.4) is 0 Å². The molecule has 2 N–H and O–H groups in total. The minimum absolute atomic E-state index is 0.293. The third-order valence-corrected chi connectivity index (χ3v) is 3.34. The molecule has 0 aromatic heterocycles. The van der Waals surface area contributed by atoms with E-state index in [0.29, 0.717) is 24.0 Å². The SMILES string of the molecule is C[C@@H](N)c1c(F)cccc1OCCN(C)C1CC1. The molecule has 2 rings (SSSR count). The minimum atomic E-state index is -0.359. The maximum Gasteiger partial charge on any atom is 0.131 e. The molecule has 1 fully saturated rings. The molecule has 0 amide bonds. The molecule has 18 heavy (non-hydrogen) atoms. The number of hydrogen-bond acceptors (Lipinski definition) is 3. The van der Waals surface area contributed by atoms with Crippen molar-refractivity contribution in [3.05, 3.63) is 29.6 Å². The Kier molecular flexibility index (Phi) is 4.19. The summed E-state index contributed by atoms with van der Waals surface area (Å²) >= 11 is 0. The van der Waals surface area contributed by atoms with Gasteiger partial charge in [0.1, 0.15) is 18.2 Å². The Bertz CT molecular complexity index is 405. The Morgan fingerprint density at radius 2 is 2.22 bits per heavy atom. The van der Waals surface area contributed by atoms with Crippen molar-refractivity contribution in [2.45, 2.75) is 31.8 Å². The zero-order valence-corrected chi connectivity index (χ0v) is 11.0.